The lowest BCUT2D eigenvalue weighted by Gasteiger charge is -2.10. The molecule has 0 unspecified atom stereocenters. The summed E-state index contributed by atoms with van der Waals surface area (Å²) >= 11 is 0. The molecule has 3 rings (SSSR count). The van der Waals surface area contributed by atoms with Gasteiger partial charge in [0.1, 0.15) is 13.1 Å². The second kappa shape index (κ2) is 8.52. The third kappa shape index (κ3) is 4.75. The van der Waals surface area contributed by atoms with E-state index in [0.29, 0.717) is 31.0 Å². The topological polar surface area (TPSA) is 56.7 Å². The smallest absolute Gasteiger partial charge is 0.416 e. The summed E-state index contributed by atoms with van der Waals surface area (Å²) in [6, 6.07) is 10.8. The van der Waals surface area contributed by atoms with Crippen LogP contribution >= 0.6 is 0 Å². The number of hydrogen-bond acceptors (Lipinski definition) is 4. The highest BCUT2D eigenvalue weighted by molar-refractivity contribution is 6.01. The van der Waals surface area contributed by atoms with Crippen molar-refractivity contribution in [2.45, 2.75) is 25.2 Å². The summed E-state index contributed by atoms with van der Waals surface area (Å²) in [6.07, 6.45) is -3.74. The second-order valence-electron chi connectivity index (χ2n) is 6.46. The third-order valence-electron chi connectivity index (χ3n) is 4.54. The molecule has 0 saturated carbocycles. The van der Waals surface area contributed by atoms with Crippen molar-refractivity contribution in [1.82, 2.24) is 0 Å². The molecule has 1 aliphatic heterocycles. The maximum Gasteiger partial charge on any atom is 0.416 e. The van der Waals surface area contributed by atoms with Gasteiger partial charge in [-0.1, -0.05) is 17.3 Å². The Bertz CT molecular complexity index is 836. The molecule has 0 radical (unpaired) electrons. The summed E-state index contributed by atoms with van der Waals surface area (Å²) in [7, 11) is 3.16. The summed E-state index contributed by atoms with van der Waals surface area (Å²) in [4.78, 5) is 5.49. The summed E-state index contributed by atoms with van der Waals surface area (Å²) in [6.45, 7) is 1.23. The highest BCUT2D eigenvalue weighted by atomic mass is 19.4. The van der Waals surface area contributed by atoms with Crippen molar-refractivity contribution in [1.29, 1.82) is 0 Å². The zero-order chi connectivity index (χ0) is 20.1. The van der Waals surface area contributed by atoms with Crippen LogP contribution in [0.3, 0.4) is 0 Å². The minimum Gasteiger partial charge on any atom is -0.493 e. The molecule has 1 atom stereocenters. The standard InChI is InChI=1S/C20H21F3N2O3/c1-26-18-8-5-14(9-19(18)27-2)17-10-16(28-25-17)12-24-11-13-3-6-15(7-4-13)20(21,22)23/h3-9,16,24H,10-12H2,1-2H3/p+1/t16-/m0/s1. The van der Waals surface area contributed by atoms with Crippen molar-refractivity contribution in [3.63, 3.8) is 0 Å². The maximum absolute atomic E-state index is 12.6. The molecule has 2 N–H and O–H groups in total. The van der Waals surface area contributed by atoms with Gasteiger partial charge < -0.3 is 19.6 Å². The lowest BCUT2D eigenvalue weighted by atomic mass is 10.0. The molecule has 0 bridgehead atoms. The van der Waals surface area contributed by atoms with Gasteiger partial charge in [-0.15, -0.1) is 0 Å². The number of benzene rings is 2. The van der Waals surface area contributed by atoms with Gasteiger partial charge in [-0.25, -0.2) is 0 Å². The van der Waals surface area contributed by atoms with Crippen LogP contribution in [0.2, 0.25) is 0 Å². The predicted octanol–water partition coefficient (Wildman–Crippen LogP) is 2.98. The number of oxime groups is 1. The van der Waals surface area contributed by atoms with Crippen LogP contribution in [0.5, 0.6) is 11.5 Å². The molecule has 1 heterocycles. The van der Waals surface area contributed by atoms with Crippen LogP contribution in [-0.2, 0) is 17.6 Å². The van der Waals surface area contributed by atoms with E-state index in [0.717, 1.165) is 29.0 Å². The fourth-order valence-corrected chi connectivity index (χ4v) is 3.01. The van der Waals surface area contributed by atoms with E-state index in [1.807, 2.05) is 23.5 Å². The van der Waals surface area contributed by atoms with Crippen molar-refractivity contribution in [2.75, 3.05) is 20.8 Å². The largest absolute Gasteiger partial charge is 0.493 e. The van der Waals surface area contributed by atoms with Gasteiger partial charge in [0, 0.05) is 17.5 Å². The van der Waals surface area contributed by atoms with Gasteiger partial charge in [0.2, 0.25) is 0 Å². The number of quaternary nitrogens is 1. The Labute approximate surface area is 161 Å². The summed E-state index contributed by atoms with van der Waals surface area (Å²) in [5.74, 6) is 1.27. The Balaban J connectivity index is 1.49. The number of halogens is 3. The maximum atomic E-state index is 12.6. The first-order valence-electron chi connectivity index (χ1n) is 8.83. The number of alkyl halides is 3. The van der Waals surface area contributed by atoms with Crippen molar-refractivity contribution >= 4 is 5.71 Å². The highest BCUT2D eigenvalue weighted by Gasteiger charge is 2.30. The van der Waals surface area contributed by atoms with Gasteiger partial charge in [-0.3, -0.25) is 0 Å². The molecule has 2 aromatic carbocycles. The molecule has 0 saturated heterocycles. The van der Waals surface area contributed by atoms with Crippen LogP contribution in [0.25, 0.3) is 0 Å². The van der Waals surface area contributed by atoms with Crippen molar-refractivity contribution in [3.8, 4) is 11.5 Å². The normalized spacial score (nSPS) is 16.5. The molecule has 2 aromatic rings. The lowest BCUT2D eigenvalue weighted by Crippen LogP contribution is -2.84. The van der Waals surface area contributed by atoms with Gasteiger partial charge in [-0.05, 0) is 30.3 Å². The van der Waals surface area contributed by atoms with E-state index in [-0.39, 0.29) is 6.10 Å². The molecule has 1 aliphatic rings. The predicted molar refractivity (Wildman–Crippen MR) is 97.5 cm³/mol. The van der Waals surface area contributed by atoms with Gasteiger partial charge in [0.25, 0.3) is 0 Å². The van der Waals surface area contributed by atoms with E-state index in [1.54, 1.807) is 14.2 Å². The number of nitrogens with zero attached hydrogens (tertiary/aromatic N) is 1. The molecule has 0 fully saturated rings. The molecule has 8 heteroatoms. The number of hydrogen-bond donors (Lipinski definition) is 1. The third-order valence-corrected chi connectivity index (χ3v) is 4.54. The van der Waals surface area contributed by atoms with Crippen LogP contribution in [0.4, 0.5) is 13.2 Å². The van der Waals surface area contributed by atoms with Crippen molar-refractivity contribution in [3.05, 3.63) is 59.2 Å². The zero-order valence-electron chi connectivity index (χ0n) is 15.6. The molecule has 0 aliphatic carbocycles. The summed E-state index contributed by atoms with van der Waals surface area (Å²) in [5, 5.41) is 6.16. The van der Waals surface area contributed by atoms with E-state index >= 15 is 0 Å². The Morgan fingerprint density at radius 3 is 2.43 bits per heavy atom. The van der Waals surface area contributed by atoms with E-state index < -0.39 is 11.7 Å². The Kier molecular flexibility index (Phi) is 6.08. The number of nitrogens with two attached hydrogens (primary N) is 1. The minimum absolute atomic E-state index is 0.0856. The molecule has 28 heavy (non-hydrogen) atoms. The van der Waals surface area contributed by atoms with Crippen molar-refractivity contribution in [2.24, 2.45) is 5.16 Å². The van der Waals surface area contributed by atoms with E-state index in [2.05, 4.69) is 5.16 Å². The van der Waals surface area contributed by atoms with E-state index in [4.69, 9.17) is 14.3 Å². The highest BCUT2D eigenvalue weighted by Crippen LogP contribution is 2.30. The average molecular weight is 395 g/mol. The fraction of sp³-hybridized carbons (Fsp3) is 0.350. The molecule has 0 aromatic heterocycles. The first-order valence-corrected chi connectivity index (χ1v) is 8.83. The van der Waals surface area contributed by atoms with Crippen LogP contribution in [0.15, 0.2) is 47.6 Å². The van der Waals surface area contributed by atoms with Gasteiger partial charge >= 0.3 is 6.18 Å². The monoisotopic (exact) mass is 395 g/mol. The SMILES string of the molecule is COc1ccc(C2=NO[C@H](C[NH2+]Cc3ccc(C(F)(F)F)cc3)C2)cc1OC. The first kappa shape index (κ1) is 20.0. The van der Waals surface area contributed by atoms with Crippen LogP contribution in [0.1, 0.15) is 23.1 Å². The van der Waals surface area contributed by atoms with E-state index in [9.17, 15) is 13.2 Å². The Morgan fingerprint density at radius 2 is 1.79 bits per heavy atom. The first-order chi connectivity index (χ1) is 13.4. The molecular weight excluding hydrogens is 373 g/mol. The van der Waals surface area contributed by atoms with Crippen LogP contribution < -0.4 is 14.8 Å². The minimum atomic E-state index is -4.31. The molecule has 0 amide bonds. The Morgan fingerprint density at radius 1 is 1.07 bits per heavy atom. The summed E-state index contributed by atoms with van der Waals surface area (Å²) < 4.78 is 48.3. The number of ether oxygens (including phenoxy) is 2. The molecule has 5 nitrogen and oxygen atoms in total. The fourth-order valence-electron chi connectivity index (χ4n) is 3.01. The van der Waals surface area contributed by atoms with Crippen LogP contribution in [0, 0.1) is 0 Å². The van der Waals surface area contributed by atoms with Crippen LogP contribution in [-0.4, -0.2) is 32.6 Å². The number of rotatable bonds is 7. The molecule has 150 valence electrons. The van der Waals surface area contributed by atoms with E-state index in [1.165, 1.54) is 12.1 Å². The summed E-state index contributed by atoms with van der Waals surface area (Å²) in [5.41, 5.74) is 1.92. The van der Waals surface area contributed by atoms with Gasteiger partial charge in [0.05, 0.1) is 25.5 Å². The van der Waals surface area contributed by atoms with Gasteiger partial charge in [-0.2, -0.15) is 13.2 Å². The quantitative estimate of drug-likeness (QED) is 0.784. The van der Waals surface area contributed by atoms with Gasteiger partial charge in [0.15, 0.2) is 17.6 Å². The zero-order valence-corrected chi connectivity index (χ0v) is 15.6. The number of methoxy groups -OCH3 is 2. The Hall–Kier alpha value is -2.74. The average Bonchev–Trinajstić information content (AvgIpc) is 3.16. The molecular formula is C20H22F3N2O3+. The molecule has 0 spiro atoms. The second-order valence-corrected chi connectivity index (χ2v) is 6.46. The van der Waals surface area contributed by atoms with Crippen molar-refractivity contribution < 1.29 is 32.8 Å². The lowest BCUT2D eigenvalue weighted by molar-refractivity contribution is -0.676.